The third-order valence-electron chi connectivity index (χ3n) is 4.41. The third-order valence-corrected chi connectivity index (χ3v) is 4.41. The Morgan fingerprint density at radius 1 is 1.16 bits per heavy atom. The molecule has 1 heterocycles. The molecule has 0 radical (unpaired) electrons. The zero-order valence-corrected chi connectivity index (χ0v) is 14.1. The van der Waals surface area contributed by atoms with Crippen LogP contribution in [0.1, 0.15) is 24.9 Å². The minimum absolute atomic E-state index is 0.0133. The van der Waals surface area contributed by atoms with E-state index in [1.54, 1.807) is 24.3 Å². The van der Waals surface area contributed by atoms with Crippen LogP contribution in [0.3, 0.4) is 0 Å². The highest BCUT2D eigenvalue weighted by Crippen LogP contribution is 2.25. The number of nitrogen functional groups attached to an aromatic ring is 1. The number of hydrogen-bond donors (Lipinski definition) is 3. The Balaban J connectivity index is 1.57. The predicted molar refractivity (Wildman–Crippen MR) is 98.0 cm³/mol. The molecule has 1 saturated heterocycles. The minimum Gasteiger partial charge on any atom is -0.399 e. The van der Waals surface area contributed by atoms with Crippen LogP contribution in [0.25, 0.3) is 0 Å². The first-order valence-electron chi connectivity index (χ1n) is 8.30. The second-order valence-corrected chi connectivity index (χ2v) is 6.25. The van der Waals surface area contributed by atoms with Gasteiger partial charge in [0.2, 0.25) is 5.91 Å². The molecule has 6 nitrogen and oxygen atoms in total. The first kappa shape index (κ1) is 16.8. The van der Waals surface area contributed by atoms with E-state index < -0.39 is 0 Å². The Morgan fingerprint density at radius 2 is 1.84 bits per heavy atom. The number of amides is 3. The minimum atomic E-state index is -0.322. The Labute approximate surface area is 147 Å². The van der Waals surface area contributed by atoms with E-state index in [0.29, 0.717) is 24.3 Å². The van der Waals surface area contributed by atoms with Crippen molar-refractivity contribution in [3.05, 3.63) is 60.2 Å². The van der Waals surface area contributed by atoms with Crippen LogP contribution in [0.2, 0.25) is 0 Å². The molecular weight excluding hydrogens is 316 g/mol. The molecule has 1 aliphatic rings. The summed E-state index contributed by atoms with van der Waals surface area (Å²) in [6, 6.07) is 16.3. The molecule has 0 saturated carbocycles. The van der Waals surface area contributed by atoms with E-state index in [0.717, 1.165) is 5.56 Å². The largest absolute Gasteiger partial charge is 0.399 e. The number of carbonyl (C=O) groups is 2. The number of hydrogen-bond acceptors (Lipinski definition) is 3. The number of urea groups is 1. The monoisotopic (exact) mass is 338 g/mol. The second kappa shape index (κ2) is 7.25. The standard InChI is InChI=1S/C19H22N4O2/c1-13(14-5-3-2-4-6-14)23-12-17(11-18(23)24)22-19(25)21-16-9-7-15(20)8-10-16/h2-10,13,17H,11-12,20H2,1H3,(H2,21,22,25). The van der Waals surface area contributed by atoms with Crippen molar-refractivity contribution < 1.29 is 9.59 Å². The number of anilines is 2. The molecule has 0 aliphatic carbocycles. The van der Waals surface area contributed by atoms with Crippen LogP contribution in [0, 0.1) is 0 Å². The summed E-state index contributed by atoms with van der Waals surface area (Å²) in [4.78, 5) is 26.2. The topological polar surface area (TPSA) is 87.5 Å². The maximum Gasteiger partial charge on any atom is 0.319 e. The van der Waals surface area contributed by atoms with Crippen molar-refractivity contribution >= 4 is 23.3 Å². The van der Waals surface area contributed by atoms with Gasteiger partial charge in [-0.25, -0.2) is 4.79 Å². The lowest BCUT2D eigenvalue weighted by Crippen LogP contribution is -2.40. The fourth-order valence-electron chi connectivity index (χ4n) is 3.03. The molecule has 3 amide bonds. The van der Waals surface area contributed by atoms with Crippen molar-refractivity contribution in [2.45, 2.75) is 25.4 Å². The van der Waals surface area contributed by atoms with Gasteiger partial charge in [-0.1, -0.05) is 30.3 Å². The lowest BCUT2D eigenvalue weighted by atomic mass is 10.1. The highest BCUT2D eigenvalue weighted by Gasteiger charge is 2.33. The quantitative estimate of drug-likeness (QED) is 0.749. The van der Waals surface area contributed by atoms with Gasteiger partial charge in [0, 0.05) is 24.3 Å². The molecule has 0 spiro atoms. The lowest BCUT2D eigenvalue weighted by Gasteiger charge is -2.25. The smallest absolute Gasteiger partial charge is 0.319 e. The first-order chi connectivity index (χ1) is 12.0. The van der Waals surface area contributed by atoms with Crippen molar-refractivity contribution in [3.8, 4) is 0 Å². The summed E-state index contributed by atoms with van der Waals surface area (Å²) >= 11 is 0. The normalized spacial score (nSPS) is 18.0. The number of nitrogens with zero attached hydrogens (tertiary/aromatic N) is 1. The third kappa shape index (κ3) is 4.09. The Bertz CT molecular complexity index is 746. The Hall–Kier alpha value is -3.02. The average molecular weight is 338 g/mol. The summed E-state index contributed by atoms with van der Waals surface area (Å²) in [5.74, 6) is 0.0501. The summed E-state index contributed by atoms with van der Waals surface area (Å²) in [5.41, 5.74) is 8.01. The highest BCUT2D eigenvalue weighted by atomic mass is 16.2. The van der Waals surface area contributed by atoms with Crippen molar-refractivity contribution in [1.82, 2.24) is 10.2 Å². The van der Waals surface area contributed by atoms with Crippen LogP contribution in [-0.2, 0) is 4.79 Å². The van der Waals surface area contributed by atoms with Crippen LogP contribution in [-0.4, -0.2) is 29.4 Å². The van der Waals surface area contributed by atoms with Gasteiger partial charge in [-0.15, -0.1) is 0 Å². The molecule has 25 heavy (non-hydrogen) atoms. The Kier molecular flexibility index (Phi) is 4.88. The summed E-state index contributed by atoms with van der Waals surface area (Å²) in [7, 11) is 0. The SMILES string of the molecule is CC(c1ccccc1)N1CC(NC(=O)Nc2ccc(N)cc2)CC1=O. The predicted octanol–water partition coefficient (Wildman–Crippen LogP) is 2.75. The molecule has 0 bridgehead atoms. The Morgan fingerprint density at radius 3 is 2.52 bits per heavy atom. The van der Waals surface area contributed by atoms with E-state index in [-0.39, 0.29) is 24.0 Å². The van der Waals surface area contributed by atoms with Gasteiger partial charge in [0.1, 0.15) is 0 Å². The first-order valence-corrected chi connectivity index (χ1v) is 8.30. The molecule has 2 aromatic carbocycles. The molecule has 3 rings (SSSR count). The van der Waals surface area contributed by atoms with Gasteiger partial charge in [0.25, 0.3) is 0 Å². The number of benzene rings is 2. The molecular formula is C19H22N4O2. The van der Waals surface area contributed by atoms with Crippen LogP contribution in [0.15, 0.2) is 54.6 Å². The molecule has 1 aliphatic heterocycles. The number of nitrogens with one attached hydrogen (secondary N) is 2. The summed E-state index contributed by atoms with van der Waals surface area (Å²) in [5, 5.41) is 5.62. The van der Waals surface area contributed by atoms with E-state index in [1.807, 2.05) is 42.2 Å². The zero-order valence-electron chi connectivity index (χ0n) is 14.1. The van der Waals surface area contributed by atoms with Gasteiger partial charge in [0.05, 0.1) is 12.1 Å². The summed E-state index contributed by atoms with van der Waals surface area (Å²) < 4.78 is 0. The maximum atomic E-state index is 12.3. The number of likely N-dealkylation sites (tertiary alicyclic amines) is 1. The van der Waals surface area contributed by atoms with Crippen molar-refractivity contribution in [2.24, 2.45) is 0 Å². The number of carbonyl (C=O) groups excluding carboxylic acids is 2. The molecule has 2 unspecified atom stereocenters. The summed E-state index contributed by atoms with van der Waals surface area (Å²) in [6.45, 7) is 2.51. The van der Waals surface area contributed by atoms with Crippen LogP contribution < -0.4 is 16.4 Å². The van der Waals surface area contributed by atoms with E-state index in [4.69, 9.17) is 5.73 Å². The van der Waals surface area contributed by atoms with Crippen molar-refractivity contribution in [2.75, 3.05) is 17.6 Å². The summed E-state index contributed by atoms with van der Waals surface area (Å²) in [6.07, 6.45) is 0.312. The van der Waals surface area contributed by atoms with E-state index in [1.165, 1.54) is 0 Å². The molecule has 0 aromatic heterocycles. The number of rotatable bonds is 4. The fraction of sp³-hybridized carbons (Fsp3) is 0.263. The van der Waals surface area contributed by atoms with Crippen LogP contribution >= 0.6 is 0 Å². The molecule has 2 atom stereocenters. The van der Waals surface area contributed by atoms with Gasteiger partial charge in [0.15, 0.2) is 0 Å². The van der Waals surface area contributed by atoms with Gasteiger partial charge in [-0.05, 0) is 36.8 Å². The second-order valence-electron chi connectivity index (χ2n) is 6.25. The lowest BCUT2D eigenvalue weighted by molar-refractivity contribution is -0.129. The van der Waals surface area contributed by atoms with Crippen LogP contribution in [0.4, 0.5) is 16.2 Å². The van der Waals surface area contributed by atoms with Gasteiger partial charge in [-0.2, -0.15) is 0 Å². The average Bonchev–Trinajstić information content (AvgIpc) is 2.97. The molecule has 4 N–H and O–H groups in total. The van der Waals surface area contributed by atoms with Gasteiger partial charge in [-0.3, -0.25) is 4.79 Å². The molecule has 1 fully saturated rings. The highest BCUT2D eigenvalue weighted by molar-refractivity contribution is 5.90. The molecule has 6 heteroatoms. The van der Waals surface area contributed by atoms with Gasteiger partial charge >= 0.3 is 6.03 Å². The van der Waals surface area contributed by atoms with E-state index in [2.05, 4.69) is 10.6 Å². The molecule has 2 aromatic rings. The zero-order chi connectivity index (χ0) is 17.8. The maximum absolute atomic E-state index is 12.3. The van der Waals surface area contributed by atoms with Crippen molar-refractivity contribution in [1.29, 1.82) is 0 Å². The fourth-order valence-corrected chi connectivity index (χ4v) is 3.03. The molecule has 130 valence electrons. The number of nitrogens with two attached hydrogens (primary N) is 1. The van der Waals surface area contributed by atoms with E-state index >= 15 is 0 Å². The van der Waals surface area contributed by atoms with Crippen LogP contribution in [0.5, 0.6) is 0 Å². The van der Waals surface area contributed by atoms with Gasteiger partial charge < -0.3 is 21.3 Å². The van der Waals surface area contributed by atoms with Crippen molar-refractivity contribution in [3.63, 3.8) is 0 Å². The van der Waals surface area contributed by atoms with E-state index in [9.17, 15) is 9.59 Å².